The number of hydrogen-bond donors (Lipinski definition) is 1. The van der Waals surface area contributed by atoms with E-state index in [0.717, 1.165) is 19.5 Å². The molecule has 0 bridgehead atoms. The summed E-state index contributed by atoms with van der Waals surface area (Å²) in [6, 6.07) is 0. The number of aliphatic hydroxyl groups excluding tert-OH is 1. The van der Waals surface area contributed by atoms with Crippen LogP contribution in [0.2, 0.25) is 0 Å². The van der Waals surface area contributed by atoms with Crippen molar-refractivity contribution in [2.24, 2.45) is 0 Å². The highest BCUT2D eigenvalue weighted by Crippen LogP contribution is 2.30. The fourth-order valence-electron chi connectivity index (χ4n) is 2.09. The molecule has 1 spiro atoms. The lowest BCUT2D eigenvalue weighted by atomic mass is 10.2. The van der Waals surface area contributed by atoms with Gasteiger partial charge in [0, 0.05) is 19.5 Å². The summed E-state index contributed by atoms with van der Waals surface area (Å²) in [6.07, 6.45) is 0.663. The van der Waals surface area contributed by atoms with Crippen LogP contribution in [0.5, 0.6) is 0 Å². The second-order valence-corrected chi connectivity index (χ2v) is 3.94. The number of likely N-dealkylation sites (tertiary alicyclic amines) is 1. The third-order valence-electron chi connectivity index (χ3n) is 2.61. The first kappa shape index (κ1) is 9.40. The molecule has 2 aliphatic rings. The Kier molecular flexibility index (Phi) is 2.55. The zero-order valence-electron chi connectivity index (χ0n) is 8.03. The molecule has 0 radical (unpaired) electrons. The quantitative estimate of drug-likeness (QED) is 0.651. The molecule has 13 heavy (non-hydrogen) atoms. The fourth-order valence-corrected chi connectivity index (χ4v) is 2.09. The number of aliphatic hydroxyl groups is 1. The molecule has 0 aliphatic carbocycles. The van der Waals surface area contributed by atoms with E-state index in [1.807, 2.05) is 0 Å². The van der Waals surface area contributed by atoms with Crippen molar-refractivity contribution in [1.29, 1.82) is 0 Å². The number of nitrogens with zero attached hydrogens (tertiary/aromatic N) is 1. The van der Waals surface area contributed by atoms with Gasteiger partial charge in [0.1, 0.15) is 0 Å². The summed E-state index contributed by atoms with van der Waals surface area (Å²) >= 11 is 0. The van der Waals surface area contributed by atoms with Crippen molar-refractivity contribution in [3.8, 4) is 0 Å². The number of β-amino-alcohol motifs (C(OH)–C–C–N with tert-alkyl or cyclic N) is 1. The molecule has 0 saturated carbocycles. The van der Waals surface area contributed by atoms with E-state index in [-0.39, 0.29) is 11.9 Å². The topological polar surface area (TPSA) is 41.9 Å². The Labute approximate surface area is 78.4 Å². The van der Waals surface area contributed by atoms with Gasteiger partial charge >= 0.3 is 0 Å². The largest absolute Gasteiger partial charge is 0.392 e. The van der Waals surface area contributed by atoms with Gasteiger partial charge in [-0.05, 0) is 6.92 Å². The van der Waals surface area contributed by atoms with E-state index in [1.165, 1.54) is 0 Å². The lowest BCUT2D eigenvalue weighted by Gasteiger charge is -2.22. The van der Waals surface area contributed by atoms with E-state index in [1.54, 1.807) is 6.92 Å². The summed E-state index contributed by atoms with van der Waals surface area (Å²) in [5.41, 5.74) is 0. The molecule has 1 N–H and O–H groups in total. The van der Waals surface area contributed by atoms with Crippen LogP contribution in [0.15, 0.2) is 0 Å². The normalized spacial score (nSPS) is 30.0. The highest BCUT2D eigenvalue weighted by molar-refractivity contribution is 4.87. The maximum absolute atomic E-state index is 9.22. The standard InChI is InChI=1S/C9H17NO3/c1-8(11)6-10-3-2-9(7-10)12-4-5-13-9/h8,11H,2-7H2,1H3. The second-order valence-electron chi connectivity index (χ2n) is 3.94. The molecule has 0 aromatic heterocycles. The summed E-state index contributed by atoms with van der Waals surface area (Å²) in [5, 5.41) is 9.22. The summed E-state index contributed by atoms with van der Waals surface area (Å²) in [4.78, 5) is 2.19. The van der Waals surface area contributed by atoms with E-state index < -0.39 is 0 Å². The molecule has 4 heteroatoms. The molecule has 76 valence electrons. The molecule has 2 aliphatic heterocycles. The van der Waals surface area contributed by atoms with Gasteiger partial charge in [-0.1, -0.05) is 0 Å². The van der Waals surface area contributed by atoms with Gasteiger partial charge < -0.3 is 14.6 Å². The first-order valence-corrected chi connectivity index (χ1v) is 4.89. The van der Waals surface area contributed by atoms with E-state index in [2.05, 4.69) is 4.90 Å². The van der Waals surface area contributed by atoms with Crippen LogP contribution in [0, 0.1) is 0 Å². The average Bonchev–Trinajstić information content (AvgIpc) is 2.63. The minimum absolute atomic E-state index is 0.267. The molecule has 0 amide bonds. The van der Waals surface area contributed by atoms with Gasteiger partial charge in [0.05, 0.1) is 25.9 Å². The van der Waals surface area contributed by atoms with Crippen LogP contribution in [0.4, 0.5) is 0 Å². The Balaban J connectivity index is 1.86. The molecule has 2 rings (SSSR count). The molecule has 0 aromatic rings. The summed E-state index contributed by atoms with van der Waals surface area (Å²) in [5.74, 6) is -0.338. The lowest BCUT2D eigenvalue weighted by molar-refractivity contribution is -0.145. The predicted molar refractivity (Wildman–Crippen MR) is 47.4 cm³/mol. The third kappa shape index (κ3) is 2.02. The van der Waals surface area contributed by atoms with Crippen molar-refractivity contribution >= 4 is 0 Å². The van der Waals surface area contributed by atoms with Gasteiger partial charge in [0.25, 0.3) is 0 Å². The molecule has 2 saturated heterocycles. The van der Waals surface area contributed by atoms with Crippen LogP contribution in [0.25, 0.3) is 0 Å². The average molecular weight is 187 g/mol. The monoisotopic (exact) mass is 187 g/mol. The van der Waals surface area contributed by atoms with Crippen LogP contribution in [0.3, 0.4) is 0 Å². The highest BCUT2D eigenvalue weighted by Gasteiger charge is 2.43. The van der Waals surface area contributed by atoms with E-state index in [9.17, 15) is 5.11 Å². The van der Waals surface area contributed by atoms with Gasteiger partial charge in [-0.25, -0.2) is 0 Å². The van der Waals surface area contributed by atoms with Crippen LogP contribution >= 0.6 is 0 Å². The van der Waals surface area contributed by atoms with Gasteiger partial charge in [0.15, 0.2) is 5.79 Å². The van der Waals surface area contributed by atoms with Gasteiger partial charge in [-0.2, -0.15) is 0 Å². The van der Waals surface area contributed by atoms with E-state index in [0.29, 0.717) is 19.8 Å². The van der Waals surface area contributed by atoms with Gasteiger partial charge in [-0.3, -0.25) is 4.90 Å². The molecule has 2 heterocycles. The number of hydrogen-bond acceptors (Lipinski definition) is 4. The van der Waals surface area contributed by atoms with Crippen molar-refractivity contribution < 1.29 is 14.6 Å². The Morgan fingerprint density at radius 3 is 2.77 bits per heavy atom. The zero-order chi connectivity index (χ0) is 9.31. The minimum Gasteiger partial charge on any atom is -0.392 e. The van der Waals surface area contributed by atoms with Crippen molar-refractivity contribution in [3.63, 3.8) is 0 Å². The molecular formula is C9H17NO3. The van der Waals surface area contributed by atoms with Crippen molar-refractivity contribution in [3.05, 3.63) is 0 Å². The van der Waals surface area contributed by atoms with E-state index >= 15 is 0 Å². The predicted octanol–water partition coefficient (Wildman–Crippen LogP) is -0.184. The number of ether oxygens (including phenoxy) is 2. The van der Waals surface area contributed by atoms with Crippen molar-refractivity contribution in [1.82, 2.24) is 4.90 Å². The summed E-state index contributed by atoms with van der Waals surface area (Å²) in [6.45, 7) is 5.71. The van der Waals surface area contributed by atoms with Gasteiger partial charge in [0.2, 0.25) is 0 Å². The summed E-state index contributed by atoms with van der Waals surface area (Å²) in [7, 11) is 0. The molecule has 4 nitrogen and oxygen atoms in total. The zero-order valence-corrected chi connectivity index (χ0v) is 8.03. The SMILES string of the molecule is CC(O)CN1CCC2(C1)OCCO2. The molecule has 2 fully saturated rings. The Hall–Kier alpha value is -0.160. The van der Waals surface area contributed by atoms with Crippen LogP contribution in [-0.2, 0) is 9.47 Å². The Morgan fingerprint density at radius 2 is 2.15 bits per heavy atom. The van der Waals surface area contributed by atoms with Gasteiger partial charge in [-0.15, -0.1) is 0 Å². The van der Waals surface area contributed by atoms with E-state index in [4.69, 9.17) is 9.47 Å². The first-order valence-electron chi connectivity index (χ1n) is 4.89. The highest BCUT2D eigenvalue weighted by atomic mass is 16.7. The van der Waals surface area contributed by atoms with Crippen molar-refractivity contribution in [2.75, 3.05) is 32.8 Å². The van der Waals surface area contributed by atoms with Crippen LogP contribution in [0.1, 0.15) is 13.3 Å². The Morgan fingerprint density at radius 1 is 1.46 bits per heavy atom. The molecule has 1 atom stereocenters. The van der Waals surface area contributed by atoms with Crippen LogP contribution in [-0.4, -0.2) is 54.7 Å². The maximum atomic E-state index is 9.22. The first-order chi connectivity index (χ1) is 6.20. The molecule has 1 unspecified atom stereocenters. The fraction of sp³-hybridized carbons (Fsp3) is 1.00. The maximum Gasteiger partial charge on any atom is 0.182 e. The van der Waals surface area contributed by atoms with Crippen molar-refractivity contribution in [2.45, 2.75) is 25.2 Å². The third-order valence-corrected chi connectivity index (χ3v) is 2.61. The summed E-state index contributed by atoms with van der Waals surface area (Å²) < 4.78 is 11.1. The minimum atomic E-state index is -0.338. The van der Waals surface area contributed by atoms with Crippen LogP contribution < -0.4 is 0 Å². The number of rotatable bonds is 2. The Bertz CT molecular complexity index is 178. The smallest absolute Gasteiger partial charge is 0.182 e. The molecule has 0 aromatic carbocycles. The lowest BCUT2D eigenvalue weighted by Crippen LogP contribution is -2.36. The second kappa shape index (κ2) is 3.53. The molecular weight excluding hydrogens is 170 g/mol.